The second kappa shape index (κ2) is 64.6. The van der Waals surface area contributed by atoms with Gasteiger partial charge in [-0.3, -0.25) is 4.79 Å². The highest BCUT2D eigenvalue weighted by Crippen LogP contribution is 2.34. The Kier molecular flexibility index (Phi) is 60.2. The van der Waals surface area contributed by atoms with E-state index in [0.29, 0.717) is 12.8 Å². The molecule has 3 aliphatic heterocycles. The molecule has 17 unspecified atom stereocenters. The maximum atomic E-state index is 13.5. The average Bonchev–Trinajstić information content (AvgIpc) is 0.755. The van der Waals surface area contributed by atoms with Crippen LogP contribution in [0.15, 0.2) is 0 Å². The van der Waals surface area contributed by atoms with Crippen LogP contribution in [-0.4, -0.2) is 193 Å². The molecular weight excluding hydrogens is 1300 g/mol. The third-order valence-electron chi connectivity index (χ3n) is 22.2. The minimum Gasteiger partial charge on any atom is -0.394 e. The van der Waals surface area contributed by atoms with E-state index in [4.69, 9.17) is 28.4 Å². The molecule has 3 saturated heterocycles. The zero-order valence-corrected chi connectivity index (χ0v) is 65.1. The predicted octanol–water partition coefficient (Wildman–Crippen LogP) is 15.4. The first-order valence-corrected chi connectivity index (χ1v) is 43.3. The SMILES string of the molecule is CCCCCCCCCCCCCCCCCCCCCCCCCCCCCCCCCCCCCCCCCCCC(=O)NC(COC1OC(CO)C(OC2OC(CO)C(OC3OC(CO)C(O)C(O)C3O)C(O)C2O)C(O)C1O)C(O)CCCCCCCCCCCCCCCCCC. The van der Waals surface area contributed by atoms with Gasteiger partial charge in [-0.05, 0) is 12.8 Å². The average molecular weight is 1460 g/mol. The van der Waals surface area contributed by atoms with E-state index in [1.54, 1.807) is 0 Å². The molecule has 1 amide bonds. The van der Waals surface area contributed by atoms with Crippen molar-refractivity contribution < 1.29 is 89.4 Å². The number of rotatable bonds is 71. The molecule has 19 heteroatoms. The molecule has 0 aromatic rings. The first kappa shape index (κ1) is 95.0. The van der Waals surface area contributed by atoms with E-state index >= 15 is 0 Å². The Labute approximate surface area is 621 Å². The van der Waals surface area contributed by atoms with E-state index in [1.165, 1.54) is 315 Å². The molecule has 3 rings (SSSR count). The molecule has 0 aromatic carbocycles. The van der Waals surface area contributed by atoms with Gasteiger partial charge in [0.2, 0.25) is 5.91 Å². The number of aliphatic hydroxyl groups excluding tert-OH is 11. The molecule has 19 nitrogen and oxygen atoms in total. The normalized spacial score (nSPS) is 26.1. The van der Waals surface area contributed by atoms with Crippen LogP contribution in [0.25, 0.3) is 0 Å². The lowest BCUT2D eigenvalue weighted by Crippen LogP contribution is -2.66. The Morgan fingerprint density at radius 1 is 0.314 bits per heavy atom. The molecule has 606 valence electrons. The molecule has 3 aliphatic rings. The third-order valence-corrected chi connectivity index (χ3v) is 22.2. The van der Waals surface area contributed by atoms with E-state index in [1.807, 2.05) is 0 Å². The summed E-state index contributed by atoms with van der Waals surface area (Å²) in [5.41, 5.74) is 0. The Bertz CT molecular complexity index is 1840. The van der Waals surface area contributed by atoms with Crippen molar-refractivity contribution in [1.29, 1.82) is 0 Å². The van der Waals surface area contributed by atoms with Crippen molar-refractivity contribution >= 4 is 5.91 Å². The first-order valence-electron chi connectivity index (χ1n) is 43.3. The summed E-state index contributed by atoms with van der Waals surface area (Å²) >= 11 is 0. The summed E-state index contributed by atoms with van der Waals surface area (Å²) in [4.78, 5) is 13.5. The second-order valence-electron chi connectivity index (χ2n) is 31.4. The first-order chi connectivity index (χ1) is 49.8. The van der Waals surface area contributed by atoms with Crippen molar-refractivity contribution in [2.75, 3.05) is 26.4 Å². The summed E-state index contributed by atoms with van der Waals surface area (Å²) < 4.78 is 34.5. The van der Waals surface area contributed by atoms with Crippen molar-refractivity contribution in [3.05, 3.63) is 0 Å². The number of amides is 1. The van der Waals surface area contributed by atoms with Gasteiger partial charge in [-0.1, -0.05) is 373 Å². The van der Waals surface area contributed by atoms with E-state index in [0.717, 1.165) is 44.9 Å². The van der Waals surface area contributed by atoms with Crippen molar-refractivity contribution in [1.82, 2.24) is 5.32 Å². The molecule has 0 spiro atoms. The van der Waals surface area contributed by atoms with Crippen LogP contribution in [0.4, 0.5) is 0 Å². The summed E-state index contributed by atoms with van der Waals surface area (Å²) in [5.74, 6) is -0.233. The fourth-order valence-electron chi connectivity index (χ4n) is 15.3. The number of aliphatic hydroxyl groups is 11. The maximum Gasteiger partial charge on any atom is 0.220 e. The number of unbranched alkanes of at least 4 members (excludes halogenated alkanes) is 55. The molecule has 102 heavy (non-hydrogen) atoms. The molecule has 0 aliphatic carbocycles. The highest BCUT2D eigenvalue weighted by atomic mass is 16.8. The van der Waals surface area contributed by atoms with Crippen LogP contribution in [0.5, 0.6) is 0 Å². The van der Waals surface area contributed by atoms with E-state index in [-0.39, 0.29) is 18.9 Å². The van der Waals surface area contributed by atoms with Crippen molar-refractivity contribution in [3.8, 4) is 0 Å². The summed E-state index contributed by atoms with van der Waals surface area (Å²) in [7, 11) is 0. The largest absolute Gasteiger partial charge is 0.394 e. The van der Waals surface area contributed by atoms with Crippen LogP contribution >= 0.6 is 0 Å². The van der Waals surface area contributed by atoms with E-state index < -0.39 is 124 Å². The topological polar surface area (TPSA) is 307 Å². The lowest BCUT2D eigenvalue weighted by Gasteiger charge is -2.48. The fourth-order valence-corrected chi connectivity index (χ4v) is 15.3. The zero-order chi connectivity index (χ0) is 73.9. The van der Waals surface area contributed by atoms with Gasteiger partial charge in [-0.2, -0.15) is 0 Å². The monoisotopic (exact) mass is 1460 g/mol. The second-order valence-corrected chi connectivity index (χ2v) is 31.4. The van der Waals surface area contributed by atoms with E-state index in [2.05, 4.69) is 19.2 Å². The number of ether oxygens (including phenoxy) is 6. The molecule has 0 radical (unpaired) electrons. The molecular formula is C83H161NO18. The van der Waals surface area contributed by atoms with Gasteiger partial charge in [0.05, 0.1) is 38.6 Å². The minimum atomic E-state index is -1.97. The number of nitrogens with one attached hydrogen (secondary N) is 1. The van der Waals surface area contributed by atoms with E-state index in [9.17, 15) is 61.0 Å². The Morgan fingerprint density at radius 3 is 0.853 bits per heavy atom. The zero-order valence-electron chi connectivity index (χ0n) is 65.1. The number of hydrogen-bond acceptors (Lipinski definition) is 18. The Balaban J connectivity index is 1.26. The number of carbonyl (C=O) groups excluding carboxylic acids is 1. The van der Waals surface area contributed by atoms with Crippen LogP contribution in [0.1, 0.15) is 393 Å². The van der Waals surface area contributed by atoms with Gasteiger partial charge in [0.15, 0.2) is 18.9 Å². The Hall–Kier alpha value is -1.21. The summed E-state index contributed by atoms with van der Waals surface area (Å²) in [6.07, 6.45) is 49.6. The summed E-state index contributed by atoms with van der Waals surface area (Å²) in [6.45, 7) is 1.86. The smallest absolute Gasteiger partial charge is 0.220 e. The van der Waals surface area contributed by atoms with Crippen LogP contribution in [0.3, 0.4) is 0 Å². The van der Waals surface area contributed by atoms with Gasteiger partial charge < -0.3 is 89.9 Å². The minimum absolute atomic E-state index is 0.233. The molecule has 0 saturated carbocycles. The summed E-state index contributed by atoms with van der Waals surface area (Å²) in [5, 5.41) is 121. The maximum absolute atomic E-state index is 13.5. The molecule has 0 bridgehead atoms. The molecule has 17 atom stereocenters. The molecule has 3 fully saturated rings. The third kappa shape index (κ3) is 43.8. The van der Waals surface area contributed by atoms with Gasteiger partial charge >= 0.3 is 0 Å². The Morgan fingerprint density at radius 2 is 0.559 bits per heavy atom. The van der Waals surface area contributed by atoms with Crippen LogP contribution in [-0.2, 0) is 33.2 Å². The van der Waals surface area contributed by atoms with Crippen molar-refractivity contribution in [3.63, 3.8) is 0 Å². The molecule has 3 heterocycles. The number of carbonyl (C=O) groups is 1. The van der Waals surface area contributed by atoms with Gasteiger partial charge in [-0.25, -0.2) is 0 Å². The van der Waals surface area contributed by atoms with Gasteiger partial charge in [0.1, 0.15) is 73.2 Å². The lowest BCUT2D eigenvalue weighted by atomic mass is 9.96. The van der Waals surface area contributed by atoms with Gasteiger partial charge in [0.25, 0.3) is 0 Å². The number of hydrogen-bond donors (Lipinski definition) is 12. The van der Waals surface area contributed by atoms with Crippen molar-refractivity contribution in [2.24, 2.45) is 0 Å². The van der Waals surface area contributed by atoms with Gasteiger partial charge in [-0.15, -0.1) is 0 Å². The highest BCUT2D eigenvalue weighted by Gasteiger charge is 2.54. The molecule has 12 N–H and O–H groups in total. The lowest BCUT2D eigenvalue weighted by molar-refractivity contribution is -0.379. The van der Waals surface area contributed by atoms with Crippen LogP contribution < -0.4 is 5.32 Å². The fraction of sp³-hybridized carbons (Fsp3) is 0.988. The van der Waals surface area contributed by atoms with Crippen molar-refractivity contribution in [2.45, 2.75) is 497 Å². The van der Waals surface area contributed by atoms with Gasteiger partial charge in [0, 0.05) is 6.42 Å². The standard InChI is InChI=1S/C83H161NO18/c1-3-5-7-9-11-13-15-17-19-21-22-23-24-25-26-27-28-29-30-31-32-33-34-35-36-37-38-39-40-41-42-43-44-45-47-49-51-53-55-57-59-61-71(89)84-66(67(88)60-58-56-54-52-50-48-46-20-18-16-14-12-10-8-6-4-2)65-97-81-77(95)74(92)79(69(63-86)99-81)102-83-78(96)75(93)80(70(64-87)100-83)101-82-76(94)73(91)72(90)68(62-85)98-82/h66-70,72-83,85-88,90-96H,3-65H2,1-2H3,(H,84,89). The quantitative estimate of drug-likeness (QED) is 0.0252. The summed E-state index contributed by atoms with van der Waals surface area (Å²) in [6, 6.07) is -0.883. The van der Waals surface area contributed by atoms with Crippen LogP contribution in [0.2, 0.25) is 0 Å². The highest BCUT2D eigenvalue weighted by molar-refractivity contribution is 5.76. The molecule has 0 aromatic heterocycles. The van der Waals surface area contributed by atoms with Crippen LogP contribution in [0, 0.1) is 0 Å². The predicted molar refractivity (Wildman–Crippen MR) is 407 cm³/mol.